The van der Waals surface area contributed by atoms with Crippen LogP contribution in [0.25, 0.3) is 21.2 Å². The van der Waals surface area contributed by atoms with Gasteiger partial charge in [0.15, 0.2) is 5.82 Å². The first-order chi connectivity index (χ1) is 16.6. The number of tetrazole rings is 1. The SMILES string of the molecule is C=CC(Cc1nn[nH]n1)c1ccc(OCc2cc(F)c3scc(-c4ccccc4C)c3c2)cc1. The van der Waals surface area contributed by atoms with Crippen LogP contribution in [0.2, 0.25) is 0 Å². The minimum atomic E-state index is -0.216. The van der Waals surface area contributed by atoms with Crippen LogP contribution in [0.1, 0.15) is 28.4 Å². The van der Waals surface area contributed by atoms with Crippen molar-refractivity contribution in [3.05, 3.63) is 107 Å². The molecule has 1 atom stereocenters. The molecule has 1 unspecified atom stereocenters. The average Bonchev–Trinajstić information content (AvgIpc) is 3.52. The molecule has 170 valence electrons. The predicted molar refractivity (Wildman–Crippen MR) is 134 cm³/mol. The maximum Gasteiger partial charge on any atom is 0.175 e. The lowest BCUT2D eigenvalue weighted by molar-refractivity contribution is 0.305. The number of H-pyrrole nitrogens is 1. The highest BCUT2D eigenvalue weighted by Crippen LogP contribution is 2.37. The van der Waals surface area contributed by atoms with Crippen LogP contribution in [0.15, 0.2) is 78.7 Å². The Kier molecular flexibility index (Phi) is 6.18. The van der Waals surface area contributed by atoms with Gasteiger partial charge in [0, 0.05) is 23.3 Å². The van der Waals surface area contributed by atoms with Crippen molar-refractivity contribution in [3.8, 4) is 16.9 Å². The van der Waals surface area contributed by atoms with Crippen LogP contribution >= 0.6 is 11.3 Å². The summed E-state index contributed by atoms with van der Waals surface area (Å²) in [4.78, 5) is 0. The molecule has 2 heterocycles. The molecule has 5 aromatic rings. The Hall–Kier alpha value is -3.84. The van der Waals surface area contributed by atoms with Crippen molar-refractivity contribution in [1.82, 2.24) is 20.6 Å². The molecule has 0 fully saturated rings. The van der Waals surface area contributed by atoms with Gasteiger partial charge in [-0.05, 0) is 58.8 Å². The van der Waals surface area contributed by atoms with Gasteiger partial charge in [0.2, 0.25) is 0 Å². The van der Waals surface area contributed by atoms with Gasteiger partial charge in [-0.25, -0.2) is 4.39 Å². The molecule has 0 aliphatic heterocycles. The Labute approximate surface area is 200 Å². The van der Waals surface area contributed by atoms with Gasteiger partial charge in [-0.3, -0.25) is 0 Å². The van der Waals surface area contributed by atoms with Crippen molar-refractivity contribution in [2.45, 2.75) is 25.9 Å². The molecule has 34 heavy (non-hydrogen) atoms. The molecule has 0 amide bonds. The summed E-state index contributed by atoms with van der Waals surface area (Å²) < 4.78 is 21.5. The summed E-state index contributed by atoms with van der Waals surface area (Å²) in [5.41, 5.74) is 5.23. The van der Waals surface area contributed by atoms with Crippen LogP contribution in [-0.2, 0) is 13.0 Å². The molecular formula is C27H23FN4OS. The molecule has 5 nitrogen and oxygen atoms in total. The van der Waals surface area contributed by atoms with Gasteiger partial charge >= 0.3 is 0 Å². The largest absolute Gasteiger partial charge is 0.489 e. The van der Waals surface area contributed by atoms with E-state index in [1.807, 2.05) is 53.9 Å². The summed E-state index contributed by atoms with van der Waals surface area (Å²) >= 11 is 1.44. The number of halogens is 1. The quantitative estimate of drug-likeness (QED) is 0.259. The molecule has 0 bridgehead atoms. The zero-order valence-corrected chi connectivity index (χ0v) is 19.5. The van der Waals surface area contributed by atoms with E-state index in [1.54, 1.807) is 6.07 Å². The maximum absolute atomic E-state index is 14.9. The molecule has 0 saturated carbocycles. The molecule has 0 radical (unpaired) electrons. The van der Waals surface area contributed by atoms with Crippen LogP contribution in [0.5, 0.6) is 5.75 Å². The summed E-state index contributed by atoms with van der Waals surface area (Å²) in [6, 6.07) is 19.6. The molecule has 7 heteroatoms. The fourth-order valence-electron chi connectivity index (χ4n) is 4.10. The molecule has 0 aliphatic carbocycles. The van der Waals surface area contributed by atoms with Crippen molar-refractivity contribution in [3.63, 3.8) is 0 Å². The Morgan fingerprint density at radius 2 is 1.94 bits per heavy atom. The van der Waals surface area contributed by atoms with Gasteiger partial charge in [-0.15, -0.1) is 28.1 Å². The van der Waals surface area contributed by atoms with Gasteiger partial charge in [0.05, 0.1) is 4.70 Å². The standard InChI is InChI=1S/C27H23FN4OS/c1-3-19(14-26-29-31-32-30-26)20-8-10-21(11-9-20)33-15-18-12-23-24(16-34-27(23)25(28)13-18)22-7-5-4-6-17(22)2/h3-13,16,19H,1,14-15H2,2H3,(H,29,30,31,32). The lowest BCUT2D eigenvalue weighted by Gasteiger charge is -2.12. The fourth-order valence-corrected chi connectivity index (χ4v) is 5.06. The number of nitrogens with zero attached hydrogens (tertiary/aromatic N) is 3. The molecule has 3 aromatic carbocycles. The van der Waals surface area contributed by atoms with E-state index in [9.17, 15) is 4.39 Å². The zero-order chi connectivity index (χ0) is 23.5. The average molecular weight is 471 g/mol. The predicted octanol–water partition coefficient (Wildman–Crippen LogP) is 6.62. The second-order valence-corrected chi connectivity index (χ2v) is 9.03. The van der Waals surface area contributed by atoms with E-state index in [0.717, 1.165) is 33.4 Å². The second-order valence-electron chi connectivity index (χ2n) is 8.15. The number of allylic oxidation sites excluding steroid dienone is 1. The number of ether oxygens (including phenoxy) is 1. The highest BCUT2D eigenvalue weighted by atomic mass is 32.1. The van der Waals surface area contributed by atoms with E-state index in [4.69, 9.17) is 4.74 Å². The lowest BCUT2D eigenvalue weighted by Crippen LogP contribution is -2.02. The number of benzene rings is 3. The number of aromatic amines is 1. The van der Waals surface area contributed by atoms with Crippen molar-refractivity contribution < 1.29 is 9.13 Å². The Morgan fingerprint density at radius 3 is 2.68 bits per heavy atom. The smallest absolute Gasteiger partial charge is 0.175 e. The van der Waals surface area contributed by atoms with Gasteiger partial charge in [-0.2, -0.15) is 5.21 Å². The van der Waals surface area contributed by atoms with E-state index < -0.39 is 0 Å². The Balaban J connectivity index is 1.33. The second kappa shape index (κ2) is 9.57. The summed E-state index contributed by atoms with van der Waals surface area (Å²) in [5, 5.41) is 17.1. The Morgan fingerprint density at radius 1 is 1.12 bits per heavy atom. The molecule has 1 N–H and O–H groups in total. The summed E-state index contributed by atoms with van der Waals surface area (Å²) in [6.45, 7) is 6.28. The van der Waals surface area contributed by atoms with Crippen molar-refractivity contribution in [2.75, 3.05) is 0 Å². The van der Waals surface area contributed by atoms with E-state index in [-0.39, 0.29) is 18.3 Å². The van der Waals surface area contributed by atoms with Gasteiger partial charge in [-0.1, -0.05) is 47.7 Å². The number of nitrogens with one attached hydrogen (secondary N) is 1. The highest BCUT2D eigenvalue weighted by Gasteiger charge is 2.14. The highest BCUT2D eigenvalue weighted by molar-refractivity contribution is 7.17. The summed E-state index contributed by atoms with van der Waals surface area (Å²) in [6.07, 6.45) is 2.49. The monoisotopic (exact) mass is 470 g/mol. The molecular weight excluding hydrogens is 447 g/mol. The van der Waals surface area contributed by atoms with Crippen molar-refractivity contribution in [1.29, 1.82) is 0 Å². The van der Waals surface area contributed by atoms with Crippen molar-refractivity contribution >= 4 is 21.4 Å². The topological polar surface area (TPSA) is 63.7 Å². The minimum absolute atomic E-state index is 0.0709. The van der Waals surface area contributed by atoms with E-state index >= 15 is 0 Å². The number of fused-ring (bicyclic) bond motifs is 1. The number of hydrogen-bond donors (Lipinski definition) is 1. The van der Waals surface area contributed by atoms with E-state index in [1.165, 1.54) is 16.9 Å². The maximum atomic E-state index is 14.9. The van der Waals surface area contributed by atoms with Crippen molar-refractivity contribution in [2.24, 2.45) is 0 Å². The van der Waals surface area contributed by atoms with Crippen LogP contribution in [0, 0.1) is 12.7 Å². The molecule has 5 rings (SSSR count). The first-order valence-corrected chi connectivity index (χ1v) is 11.8. The first-order valence-electron chi connectivity index (χ1n) is 11.0. The number of hydrogen-bond acceptors (Lipinski definition) is 5. The van der Waals surface area contributed by atoms with E-state index in [2.05, 4.69) is 46.3 Å². The summed E-state index contributed by atoms with van der Waals surface area (Å²) in [7, 11) is 0. The molecule has 0 aliphatic rings. The van der Waals surface area contributed by atoms with Gasteiger partial charge in [0.1, 0.15) is 18.2 Å². The number of aromatic nitrogens is 4. The summed E-state index contributed by atoms with van der Waals surface area (Å²) in [5.74, 6) is 1.21. The third kappa shape index (κ3) is 4.47. The van der Waals surface area contributed by atoms with Crippen LogP contribution < -0.4 is 4.74 Å². The first kappa shape index (κ1) is 22.0. The molecule has 2 aromatic heterocycles. The van der Waals surface area contributed by atoms with Gasteiger partial charge in [0.25, 0.3) is 0 Å². The Bertz CT molecular complexity index is 1430. The zero-order valence-electron chi connectivity index (χ0n) is 18.7. The van der Waals surface area contributed by atoms with Crippen LogP contribution in [0.3, 0.4) is 0 Å². The van der Waals surface area contributed by atoms with Crippen LogP contribution in [-0.4, -0.2) is 20.6 Å². The molecule has 0 spiro atoms. The number of aryl methyl sites for hydroxylation is 1. The third-order valence-electron chi connectivity index (χ3n) is 5.91. The molecule has 0 saturated heterocycles. The number of rotatable bonds is 8. The van der Waals surface area contributed by atoms with Gasteiger partial charge < -0.3 is 4.74 Å². The normalized spacial score (nSPS) is 12.1. The minimum Gasteiger partial charge on any atom is -0.489 e. The third-order valence-corrected chi connectivity index (χ3v) is 6.92. The fraction of sp³-hybridized carbons (Fsp3) is 0.148. The van der Waals surface area contributed by atoms with Crippen LogP contribution in [0.4, 0.5) is 4.39 Å². The number of thiophene rings is 1. The lowest BCUT2D eigenvalue weighted by atomic mass is 9.95. The van der Waals surface area contributed by atoms with E-state index in [0.29, 0.717) is 16.9 Å².